The number of nitrogens with zero attached hydrogens (tertiary/aromatic N) is 3. The molecule has 4 aliphatic rings. The number of benzene rings is 1. The number of aromatic nitrogens is 2. The molecule has 2 aromatic rings. The van der Waals surface area contributed by atoms with Gasteiger partial charge in [-0.15, -0.1) is 0 Å². The molecule has 1 aromatic heterocycles. The van der Waals surface area contributed by atoms with E-state index in [-0.39, 0.29) is 17.3 Å². The first-order valence-corrected chi connectivity index (χ1v) is 15.6. The maximum Gasteiger partial charge on any atom is 0.310 e. The van der Waals surface area contributed by atoms with Crippen molar-refractivity contribution >= 4 is 32.8 Å². The highest BCUT2D eigenvalue weighted by molar-refractivity contribution is 8.45. The molecular formula is C24H29F5N4O2S2. The monoisotopic (exact) mass is 564 g/mol. The van der Waals surface area contributed by atoms with E-state index in [2.05, 4.69) is 5.32 Å². The number of rotatable bonds is 6. The van der Waals surface area contributed by atoms with Gasteiger partial charge in [0.05, 0.1) is 33.4 Å². The second-order valence-electron chi connectivity index (χ2n) is 11.0. The Morgan fingerprint density at radius 1 is 1.03 bits per heavy atom. The van der Waals surface area contributed by atoms with Crippen molar-refractivity contribution in [1.82, 2.24) is 9.97 Å². The van der Waals surface area contributed by atoms with Crippen LogP contribution in [0.3, 0.4) is 0 Å². The number of aliphatic hydroxyl groups is 1. The standard InChI is InChI=1S/C24H29F5N4O2S2/c25-37(26,27,28,29)18-4-2-16(3-5-18)17-6-12-33(13-7-17)22-30-19-14-24(10-11-24)36(35)20(19)21(31-22)32-23(15-34)8-1-9-23/h2-5,17,34H,1,6-15H2,(H,30,31,32)/t36-/m1/s1. The highest BCUT2D eigenvalue weighted by Gasteiger charge is 2.65. The zero-order chi connectivity index (χ0) is 26.3. The van der Waals surface area contributed by atoms with Crippen molar-refractivity contribution in [1.29, 1.82) is 0 Å². The predicted octanol–water partition coefficient (Wildman–Crippen LogP) is 6.04. The number of anilines is 2. The van der Waals surface area contributed by atoms with Crippen LogP contribution in [-0.4, -0.2) is 49.3 Å². The maximum absolute atomic E-state index is 13.3. The van der Waals surface area contributed by atoms with Crippen molar-refractivity contribution in [3.8, 4) is 0 Å². The number of hydrogen-bond donors (Lipinski definition) is 2. The second kappa shape index (κ2) is 7.56. The van der Waals surface area contributed by atoms with Crippen molar-refractivity contribution < 1.29 is 28.7 Å². The predicted molar refractivity (Wildman–Crippen MR) is 133 cm³/mol. The van der Waals surface area contributed by atoms with Crippen LogP contribution in [0.1, 0.15) is 62.1 Å². The molecule has 2 saturated carbocycles. The lowest BCUT2D eigenvalue weighted by Crippen LogP contribution is -2.49. The summed E-state index contributed by atoms with van der Waals surface area (Å²) < 4.78 is 78.3. The van der Waals surface area contributed by atoms with E-state index in [1.165, 1.54) is 0 Å². The van der Waals surface area contributed by atoms with E-state index in [1.54, 1.807) is 0 Å². The van der Waals surface area contributed by atoms with E-state index in [9.17, 15) is 28.7 Å². The summed E-state index contributed by atoms with van der Waals surface area (Å²) in [5.41, 5.74) is 0.921. The highest BCUT2D eigenvalue weighted by Crippen LogP contribution is 3.02. The topological polar surface area (TPSA) is 78.4 Å². The lowest BCUT2D eigenvalue weighted by atomic mass is 9.77. The normalized spacial score (nSPS) is 26.2. The minimum Gasteiger partial charge on any atom is -0.394 e. The van der Waals surface area contributed by atoms with Gasteiger partial charge in [0.25, 0.3) is 0 Å². The molecule has 0 radical (unpaired) electrons. The van der Waals surface area contributed by atoms with Crippen LogP contribution in [0, 0.1) is 0 Å². The van der Waals surface area contributed by atoms with E-state index in [0.717, 1.165) is 49.9 Å². The van der Waals surface area contributed by atoms with E-state index in [0.29, 0.717) is 66.7 Å². The van der Waals surface area contributed by atoms with Crippen LogP contribution in [0.15, 0.2) is 34.1 Å². The molecule has 1 atom stereocenters. The van der Waals surface area contributed by atoms with E-state index in [4.69, 9.17) is 9.97 Å². The van der Waals surface area contributed by atoms with Gasteiger partial charge in [0, 0.05) is 19.5 Å². The Balaban J connectivity index is 1.22. The van der Waals surface area contributed by atoms with Crippen LogP contribution < -0.4 is 10.2 Å². The Hall–Kier alpha value is -1.99. The Bertz CT molecular complexity index is 1270. The third kappa shape index (κ3) is 4.50. The molecule has 0 bridgehead atoms. The van der Waals surface area contributed by atoms with Gasteiger partial charge in [-0.1, -0.05) is 31.6 Å². The van der Waals surface area contributed by atoms with Crippen LogP contribution in [-0.2, 0) is 17.2 Å². The van der Waals surface area contributed by atoms with Gasteiger partial charge in [0.2, 0.25) is 5.95 Å². The third-order valence-corrected chi connectivity index (χ3v) is 11.7. The summed E-state index contributed by atoms with van der Waals surface area (Å²) in [6.07, 6.45) is 6.25. The van der Waals surface area contributed by atoms with Gasteiger partial charge < -0.3 is 15.3 Å². The first-order chi connectivity index (χ1) is 17.2. The van der Waals surface area contributed by atoms with Gasteiger partial charge in [0.1, 0.15) is 15.6 Å². The fraction of sp³-hybridized carbons (Fsp3) is 0.583. The highest BCUT2D eigenvalue weighted by atomic mass is 32.5. The Morgan fingerprint density at radius 3 is 2.19 bits per heavy atom. The number of hydrogen-bond acceptors (Lipinski definition) is 6. The van der Waals surface area contributed by atoms with E-state index in [1.807, 2.05) is 4.90 Å². The summed E-state index contributed by atoms with van der Waals surface area (Å²) in [5.74, 6) is 0.980. The van der Waals surface area contributed by atoms with Gasteiger partial charge in [-0.2, -0.15) is 4.98 Å². The number of aliphatic hydroxyl groups excluding tert-OH is 1. The summed E-state index contributed by atoms with van der Waals surface area (Å²) >= 11 is 0. The van der Waals surface area contributed by atoms with Gasteiger partial charge in [-0.3, -0.25) is 4.21 Å². The van der Waals surface area contributed by atoms with Crippen molar-refractivity contribution in [2.75, 3.05) is 29.9 Å². The molecule has 204 valence electrons. The van der Waals surface area contributed by atoms with Gasteiger partial charge in [-0.25, -0.2) is 4.98 Å². The first-order valence-electron chi connectivity index (χ1n) is 12.5. The minimum atomic E-state index is -9.68. The molecule has 3 fully saturated rings. The molecule has 37 heavy (non-hydrogen) atoms. The lowest BCUT2D eigenvalue weighted by molar-refractivity contribution is 0.143. The lowest BCUT2D eigenvalue weighted by Gasteiger charge is -2.42. The molecule has 0 unspecified atom stereocenters. The molecule has 3 heterocycles. The minimum absolute atomic E-state index is 0.0366. The fourth-order valence-electron chi connectivity index (χ4n) is 5.70. The molecule has 1 spiro atoms. The van der Waals surface area contributed by atoms with Crippen molar-refractivity contribution in [2.45, 2.75) is 77.4 Å². The van der Waals surface area contributed by atoms with Crippen LogP contribution in [0.2, 0.25) is 0 Å². The Kier molecular flexibility index (Phi) is 5.17. The molecular weight excluding hydrogens is 535 g/mol. The summed E-state index contributed by atoms with van der Waals surface area (Å²) in [7, 11) is -10.9. The average Bonchev–Trinajstić information content (AvgIpc) is 3.54. The third-order valence-electron chi connectivity index (χ3n) is 8.37. The SMILES string of the molecule is O=[S@@]1c2c(nc(N3CCC(c4ccc(S(F)(F)(F)(F)F)cc4)CC3)nc2NC2(CO)CCC2)CC12CC2. The van der Waals surface area contributed by atoms with Gasteiger partial charge >= 0.3 is 10.2 Å². The summed E-state index contributed by atoms with van der Waals surface area (Å²) in [6, 6.07) is 3.27. The summed E-state index contributed by atoms with van der Waals surface area (Å²) in [5, 5.41) is 13.4. The maximum atomic E-state index is 13.3. The van der Waals surface area contributed by atoms with Crippen molar-refractivity contribution in [3.05, 3.63) is 35.5 Å². The van der Waals surface area contributed by atoms with Crippen molar-refractivity contribution in [2.24, 2.45) is 0 Å². The molecule has 2 aliphatic carbocycles. The fourth-order valence-corrected chi connectivity index (χ4v) is 8.13. The second-order valence-corrected chi connectivity index (χ2v) is 15.2. The molecule has 1 saturated heterocycles. The Morgan fingerprint density at radius 2 is 1.68 bits per heavy atom. The zero-order valence-electron chi connectivity index (χ0n) is 20.1. The number of halogens is 5. The van der Waals surface area contributed by atoms with Gasteiger partial charge in [-0.05, 0) is 68.6 Å². The molecule has 13 heteroatoms. The summed E-state index contributed by atoms with van der Waals surface area (Å²) in [4.78, 5) is 10.4. The number of nitrogens with one attached hydrogen (secondary N) is 1. The molecule has 2 aliphatic heterocycles. The van der Waals surface area contributed by atoms with E-state index >= 15 is 0 Å². The molecule has 2 N–H and O–H groups in total. The van der Waals surface area contributed by atoms with Gasteiger partial charge in [0.15, 0.2) is 0 Å². The number of piperidine rings is 1. The smallest absolute Gasteiger partial charge is 0.310 e. The molecule has 6 rings (SSSR count). The Labute approximate surface area is 214 Å². The van der Waals surface area contributed by atoms with E-state index < -0.39 is 31.5 Å². The molecule has 6 nitrogen and oxygen atoms in total. The van der Waals surface area contributed by atoms with Crippen LogP contribution >= 0.6 is 10.2 Å². The molecule has 1 aromatic carbocycles. The number of fused-ring (bicyclic) bond motifs is 1. The molecule has 0 amide bonds. The van der Waals surface area contributed by atoms with Crippen LogP contribution in [0.5, 0.6) is 0 Å². The quantitative estimate of drug-likeness (QED) is 0.417. The van der Waals surface area contributed by atoms with Crippen LogP contribution in [0.4, 0.5) is 31.2 Å². The zero-order valence-corrected chi connectivity index (χ0v) is 21.7. The summed E-state index contributed by atoms with van der Waals surface area (Å²) in [6.45, 7) is 1.06. The average molecular weight is 565 g/mol. The van der Waals surface area contributed by atoms with Crippen LogP contribution in [0.25, 0.3) is 0 Å². The van der Waals surface area contributed by atoms with Crippen molar-refractivity contribution in [3.63, 3.8) is 0 Å². The largest absolute Gasteiger partial charge is 0.394 e. The first kappa shape index (κ1) is 25.3.